The number of aromatic amines is 1. The van der Waals surface area contributed by atoms with E-state index in [1.807, 2.05) is 31.2 Å². The van der Waals surface area contributed by atoms with Crippen LogP contribution >= 0.6 is 0 Å². The Hall–Kier alpha value is -4.14. The molecule has 0 aliphatic rings. The minimum Gasteiger partial charge on any atom is -0.493 e. The number of carbonyl (C=O) groups excluding carboxylic acids is 1. The number of carbonyl (C=O) groups is 1. The predicted molar refractivity (Wildman–Crippen MR) is 120 cm³/mol. The van der Waals surface area contributed by atoms with Gasteiger partial charge >= 0.3 is 0 Å². The first-order valence-corrected chi connectivity index (χ1v) is 9.95. The fourth-order valence-electron chi connectivity index (χ4n) is 3.39. The number of benzene rings is 2. The fraction of sp³-hybridized carbons (Fsp3) is 0.217. The lowest BCUT2D eigenvalue weighted by Gasteiger charge is -2.22. The van der Waals surface area contributed by atoms with E-state index < -0.39 is 0 Å². The zero-order valence-corrected chi connectivity index (χ0v) is 18.2. The Bertz CT molecular complexity index is 1340. The third-order valence-corrected chi connectivity index (χ3v) is 5.03. The molecule has 0 atom stereocenters. The van der Waals surface area contributed by atoms with Crippen LogP contribution in [0.5, 0.6) is 11.5 Å². The molecule has 0 radical (unpaired) electrons. The molecule has 0 aliphatic carbocycles. The number of aryl methyl sites for hydroxylation is 2. The summed E-state index contributed by atoms with van der Waals surface area (Å²) in [7, 11) is 3.06. The van der Waals surface area contributed by atoms with Crippen LogP contribution in [-0.2, 0) is 6.54 Å². The molecule has 0 unspecified atom stereocenters. The summed E-state index contributed by atoms with van der Waals surface area (Å²) in [4.78, 5) is 36.1. The molecule has 2 heterocycles. The summed E-state index contributed by atoms with van der Waals surface area (Å²) in [5, 5.41) is 2.94. The van der Waals surface area contributed by atoms with Gasteiger partial charge in [-0.1, -0.05) is 17.7 Å². The number of amides is 1. The third-order valence-electron chi connectivity index (χ3n) is 5.03. The van der Waals surface area contributed by atoms with Gasteiger partial charge in [0.1, 0.15) is 5.82 Å². The molecule has 0 spiro atoms. The van der Waals surface area contributed by atoms with E-state index in [9.17, 15) is 9.59 Å². The fourth-order valence-corrected chi connectivity index (χ4v) is 3.39. The summed E-state index contributed by atoms with van der Waals surface area (Å²) in [5.41, 5.74) is 2.49. The molecule has 2 aromatic carbocycles. The first-order valence-electron chi connectivity index (χ1n) is 9.95. The van der Waals surface area contributed by atoms with E-state index in [1.54, 1.807) is 30.0 Å². The van der Waals surface area contributed by atoms with E-state index >= 15 is 0 Å². The Labute approximate surface area is 184 Å². The second-order valence-electron chi connectivity index (χ2n) is 7.34. The van der Waals surface area contributed by atoms with E-state index in [4.69, 9.17) is 9.47 Å². The average Bonchev–Trinajstić information content (AvgIpc) is 3.20. The van der Waals surface area contributed by atoms with Crippen LogP contribution in [0.15, 0.2) is 53.3 Å². The van der Waals surface area contributed by atoms with Crippen molar-refractivity contribution in [2.24, 2.45) is 0 Å². The molecule has 9 heteroatoms. The largest absolute Gasteiger partial charge is 0.493 e. The van der Waals surface area contributed by atoms with Gasteiger partial charge in [-0.2, -0.15) is 9.50 Å². The highest BCUT2D eigenvalue weighted by atomic mass is 16.5. The number of hydrogen-bond acceptors (Lipinski definition) is 6. The monoisotopic (exact) mass is 433 g/mol. The summed E-state index contributed by atoms with van der Waals surface area (Å²) >= 11 is 0. The summed E-state index contributed by atoms with van der Waals surface area (Å²) in [5.74, 6) is 1.41. The maximum absolute atomic E-state index is 13.5. The molecule has 0 saturated carbocycles. The normalized spacial score (nSPS) is 10.9. The van der Waals surface area contributed by atoms with Gasteiger partial charge in [-0.15, -0.1) is 0 Å². The molecular formula is C23H23N5O4. The van der Waals surface area contributed by atoms with Crippen molar-refractivity contribution in [3.8, 4) is 11.5 Å². The molecule has 164 valence electrons. The lowest BCUT2D eigenvalue weighted by Crippen LogP contribution is -2.31. The van der Waals surface area contributed by atoms with E-state index in [1.165, 1.54) is 24.8 Å². The number of anilines is 1. The van der Waals surface area contributed by atoms with E-state index in [0.717, 1.165) is 5.56 Å². The number of aromatic nitrogens is 4. The van der Waals surface area contributed by atoms with Crippen LogP contribution in [-0.4, -0.2) is 39.7 Å². The van der Waals surface area contributed by atoms with E-state index in [-0.39, 0.29) is 23.8 Å². The van der Waals surface area contributed by atoms with E-state index in [0.29, 0.717) is 34.3 Å². The maximum Gasteiger partial charge on any atom is 0.274 e. The second kappa shape index (κ2) is 8.54. The molecule has 32 heavy (non-hydrogen) atoms. The van der Waals surface area contributed by atoms with Crippen LogP contribution in [0.4, 0.5) is 5.69 Å². The summed E-state index contributed by atoms with van der Waals surface area (Å²) in [6.45, 7) is 3.82. The molecule has 0 bridgehead atoms. The number of rotatable bonds is 6. The Morgan fingerprint density at radius 1 is 1.00 bits per heavy atom. The molecule has 2 aromatic heterocycles. The average molecular weight is 433 g/mol. The number of hydrogen-bond donors (Lipinski definition) is 1. The topological polar surface area (TPSA) is 102 Å². The number of H-pyrrole nitrogens is 1. The minimum absolute atomic E-state index is 0.109. The quantitative estimate of drug-likeness (QED) is 0.502. The van der Waals surface area contributed by atoms with Gasteiger partial charge in [0.2, 0.25) is 0 Å². The van der Waals surface area contributed by atoms with Crippen LogP contribution in [0.1, 0.15) is 27.4 Å². The van der Waals surface area contributed by atoms with Crippen LogP contribution in [0.3, 0.4) is 0 Å². The molecule has 0 aliphatic heterocycles. The highest BCUT2D eigenvalue weighted by Gasteiger charge is 2.22. The first kappa shape index (κ1) is 21.1. The minimum atomic E-state index is -0.264. The Morgan fingerprint density at radius 3 is 2.41 bits per heavy atom. The zero-order valence-electron chi connectivity index (χ0n) is 18.2. The number of methoxy groups -OCH3 is 2. The predicted octanol–water partition coefficient (Wildman–Crippen LogP) is 2.90. The number of ether oxygens (including phenoxy) is 2. The first-order chi connectivity index (χ1) is 15.4. The van der Waals surface area contributed by atoms with Crippen molar-refractivity contribution in [2.75, 3.05) is 19.1 Å². The van der Waals surface area contributed by atoms with Crippen molar-refractivity contribution in [3.05, 3.63) is 81.5 Å². The smallest absolute Gasteiger partial charge is 0.274 e. The zero-order chi connectivity index (χ0) is 22.8. The molecule has 9 nitrogen and oxygen atoms in total. The SMILES string of the molecule is COc1ccc(C(=O)N(Cc2nc3nc(C)cc(=O)n3[nH]2)c2ccc(C)cc2)cc1OC. The van der Waals surface area contributed by atoms with Crippen molar-refractivity contribution in [1.82, 2.24) is 19.6 Å². The van der Waals surface area contributed by atoms with Gasteiger partial charge in [0, 0.05) is 23.0 Å². The lowest BCUT2D eigenvalue weighted by atomic mass is 10.1. The number of nitrogens with zero attached hydrogens (tertiary/aromatic N) is 4. The van der Waals surface area contributed by atoms with Gasteiger partial charge in [0.05, 0.1) is 20.8 Å². The van der Waals surface area contributed by atoms with Crippen LogP contribution in [0.25, 0.3) is 5.78 Å². The summed E-state index contributed by atoms with van der Waals surface area (Å²) in [6, 6.07) is 14.0. The molecule has 0 saturated heterocycles. The van der Waals surface area contributed by atoms with E-state index in [2.05, 4.69) is 15.1 Å². The Morgan fingerprint density at radius 2 is 1.72 bits per heavy atom. The third kappa shape index (κ3) is 4.04. The van der Waals surface area contributed by atoms with Crippen molar-refractivity contribution in [1.29, 1.82) is 0 Å². The van der Waals surface area contributed by atoms with Crippen LogP contribution in [0, 0.1) is 13.8 Å². The Kier molecular flexibility index (Phi) is 5.63. The van der Waals surface area contributed by atoms with Crippen LogP contribution in [0.2, 0.25) is 0 Å². The van der Waals surface area contributed by atoms with Gasteiger partial charge in [0.15, 0.2) is 11.5 Å². The van der Waals surface area contributed by atoms with Gasteiger partial charge in [-0.05, 0) is 44.2 Å². The van der Waals surface area contributed by atoms with Crippen molar-refractivity contribution in [3.63, 3.8) is 0 Å². The highest BCUT2D eigenvalue weighted by Crippen LogP contribution is 2.29. The molecule has 1 amide bonds. The van der Waals surface area contributed by atoms with Gasteiger partial charge in [-0.25, -0.2) is 4.98 Å². The van der Waals surface area contributed by atoms with Gasteiger partial charge < -0.3 is 14.4 Å². The maximum atomic E-state index is 13.5. The van der Waals surface area contributed by atoms with Crippen molar-refractivity contribution in [2.45, 2.75) is 20.4 Å². The highest BCUT2D eigenvalue weighted by molar-refractivity contribution is 6.06. The standard InChI is InChI=1S/C23H23N5O4/c1-14-5-8-17(9-6-14)27(22(30)16-7-10-18(31-3)19(12-16)32-4)13-20-25-23-24-15(2)11-21(29)28(23)26-20/h5-12H,13H2,1-4H3,(H,24,25,26). The molecular weight excluding hydrogens is 410 g/mol. The Balaban J connectivity index is 1.76. The number of nitrogens with one attached hydrogen (secondary N) is 1. The lowest BCUT2D eigenvalue weighted by molar-refractivity contribution is 0.0984. The van der Waals surface area contributed by atoms with Crippen molar-refractivity contribution < 1.29 is 14.3 Å². The van der Waals surface area contributed by atoms with Gasteiger partial charge in [0.25, 0.3) is 17.2 Å². The summed E-state index contributed by atoms with van der Waals surface area (Å²) < 4.78 is 11.9. The molecule has 0 fully saturated rings. The van der Waals surface area contributed by atoms with Gasteiger partial charge in [-0.3, -0.25) is 14.7 Å². The molecule has 4 aromatic rings. The molecule has 4 rings (SSSR count). The second-order valence-corrected chi connectivity index (χ2v) is 7.34. The molecule has 1 N–H and O–H groups in total. The summed E-state index contributed by atoms with van der Waals surface area (Å²) in [6.07, 6.45) is 0. The number of fused-ring (bicyclic) bond motifs is 1. The van der Waals surface area contributed by atoms with Crippen molar-refractivity contribution >= 4 is 17.4 Å². The van der Waals surface area contributed by atoms with Crippen LogP contribution < -0.4 is 19.9 Å².